The fraction of sp³-hybridized carbons (Fsp3) is 0.583. The standard InChI is InChI=1S/C12H22N4/c1-3-11(9-15-12(13)4-2)10-16-7-5-14-6-8-16/h4,9,14H,2-3,5-8,10H2,1H3,(H2,13,15)/b11-9+. The van der Waals surface area contributed by atoms with Gasteiger partial charge in [0.15, 0.2) is 0 Å². The number of hydrogen-bond acceptors (Lipinski definition) is 3. The highest BCUT2D eigenvalue weighted by atomic mass is 15.2. The number of amidine groups is 1. The first-order chi connectivity index (χ1) is 7.76. The van der Waals surface area contributed by atoms with E-state index in [1.54, 1.807) is 6.08 Å². The molecule has 0 atom stereocenters. The van der Waals surface area contributed by atoms with Crippen LogP contribution in [-0.2, 0) is 0 Å². The lowest BCUT2D eigenvalue weighted by Gasteiger charge is -2.27. The third-order valence-electron chi connectivity index (χ3n) is 2.70. The Hall–Kier alpha value is -1.13. The predicted molar refractivity (Wildman–Crippen MR) is 69.5 cm³/mol. The molecular formula is C12H22N4. The van der Waals surface area contributed by atoms with Crippen molar-refractivity contribution in [3.8, 4) is 0 Å². The Morgan fingerprint density at radius 1 is 1.50 bits per heavy atom. The SMILES string of the molecule is C=CC(N)=N/C=C(\CC)CN1CCNCC1. The zero-order valence-electron chi connectivity index (χ0n) is 10.1. The molecule has 0 aromatic rings. The molecular weight excluding hydrogens is 200 g/mol. The van der Waals surface area contributed by atoms with E-state index in [2.05, 4.69) is 28.7 Å². The van der Waals surface area contributed by atoms with Crippen LogP contribution in [0.25, 0.3) is 0 Å². The lowest BCUT2D eigenvalue weighted by Crippen LogP contribution is -2.44. The maximum absolute atomic E-state index is 5.57. The van der Waals surface area contributed by atoms with E-state index in [-0.39, 0.29) is 0 Å². The molecule has 4 nitrogen and oxygen atoms in total. The molecule has 1 rings (SSSR count). The average molecular weight is 222 g/mol. The molecule has 1 saturated heterocycles. The van der Waals surface area contributed by atoms with E-state index in [4.69, 9.17) is 5.73 Å². The van der Waals surface area contributed by atoms with Gasteiger partial charge in [0.1, 0.15) is 5.84 Å². The van der Waals surface area contributed by atoms with Gasteiger partial charge in [0.2, 0.25) is 0 Å². The molecule has 0 aliphatic carbocycles. The van der Waals surface area contributed by atoms with Crippen LogP contribution in [0.15, 0.2) is 29.4 Å². The molecule has 0 spiro atoms. The monoisotopic (exact) mass is 222 g/mol. The number of rotatable bonds is 5. The van der Waals surface area contributed by atoms with Gasteiger partial charge in [-0.25, -0.2) is 4.99 Å². The largest absolute Gasteiger partial charge is 0.384 e. The first kappa shape index (κ1) is 12.9. The van der Waals surface area contributed by atoms with Crippen molar-refractivity contribution in [2.24, 2.45) is 10.7 Å². The van der Waals surface area contributed by atoms with Gasteiger partial charge in [0.05, 0.1) is 0 Å². The second-order valence-electron chi connectivity index (χ2n) is 3.93. The molecule has 0 unspecified atom stereocenters. The van der Waals surface area contributed by atoms with Crippen LogP contribution in [0.5, 0.6) is 0 Å². The fourth-order valence-corrected chi connectivity index (χ4v) is 1.62. The Labute approximate surface area is 97.9 Å². The van der Waals surface area contributed by atoms with Crippen molar-refractivity contribution in [1.29, 1.82) is 0 Å². The van der Waals surface area contributed by atoms with Crippen LogP contribution in [0, 0.1) is 0 Å². The van der Waals surface area contributed by atoms with Crippen LogP contribution in [0.1, 0.15) is 13.3 Å². The molecule has 1 heterocycles. The van der Waals surface area contributed by atoms with Crippen molar-refractivity contribution in [3.05, 3.63) is 24.4 Å². The molecule has 3 N–H and O–H groups in total. The molecule has 0 bridgehead atoms. The highest BCUT2D eigenvalue weighted by molar-refractivity contribution is 5.91. The van der Waals surface area contributed by atoms with E-state index in [9.17, 15) is 0 Å². The minimum atomic E-state index is 0.478. The van der Waals surface area contributed by atoms with E-state index in [1.807, 2.05) is 6.20 Å². The van der Waals surface area contributed by atoms with Gasteiger partial charge in [-0.15, -0.1) is 0 Å². The number of nitrogens with zero attached hydrogens (tertiary/aromatic N) is 2. The van der Waals surface area contributed by atoms with Crippen molar-refractivity contribution < 1.29 is 0 Å². The molecule has 1 aliphatic heterocycles. The Morgan fingerprint density at radius 2 is 2.19 bits per heavy atom. The van der Waals surface area contributed by atoms with Crippen LogP contribution in [-0.4, -0.2) is 43.5 Å². The highest BCUT2D eigenvalue weighted by Gasteiger charge is 2.10. The summed E-state index contributed by atoms with van der Waals surface area (Å²) in [6.45, 7) is 11.1. The zero-order chi connectivity index (χ0) is 11.8. The Bertz CT molecular complexity index is 275. The first-order valence-corrected chi connectivity index (χ1v) is 5.83. The summed E-state index contributed by atoms with van der Waals surface area (Å²) in [6.07, 6.45) is 4.45. The summed E-state index contributed by atoms with van der Waals surface area (Å²) in [6, 6.07) is 0. The van der Waals surface area contributed by atoms with Gasteiger partial charge in [-0.05, 0) is 18.1 Å². The van der Waals surface area contributed by atoms with Crippen LogP contribution in [0.2, 0.25) is 0 Å². The van der Waals surface area contributed by atoms with Gasteiger partial charge in [-0.1, -0.05) is 13.5 Å². The average Bonchev–Trinajstić information content (AvgIpc) is 2.35. The van der Waals surface area contributed by atoms with Crippen molar-refractivity contribution in [3.63, 3.8) is 0 Å². The summed E-state index contributed by atoms with van der Waals surface area (Å²) < 4.78 is 0. The maximum atomic E-state index is 5.57. The molecule has 0 aromatic heterocycles. The van der Waals surface area contributed by atoms with Crippen LogP contribution < -0.4 is 11.1 Å². The minimum absolute atomic E-state index is 0.478. The quantitative estimate of drug-likeness (QED) is 0.532. The number of hydrogen-bond donors (Lipinski definition) is 2. The van der Waals surface area contributed by atoms with Crippen molar-refractivity contribution in [1.82, 2.24) is 10.2 Å². The van der Waals surface area contributed by atoms with Gasteiger partial charge in [0, 0.05) is 38.9 Å². The minimum Gasteiger partial charge on any atom is -0.384 e. The lowest BCUT2D eigenvalue weighted by molar-refractivity contribution is 0.258. The molecule has 0 aromatic carbocycles. The van der Waals surface area contributed by atoms with Crippen LogP contribution in [0.3, 0.4) is 0 Å². The van der Waals surface area contributed by atoms with Crippen molar-refractivity contribution in [2.75, 3.05) is 32.7 Å². The van der Waals surface area contributed by atoms with Crippen molar-refractivity contribution in [2.45, 2.75) is 13.3 Å². The van der Waals surface area contributed by atoms with Crippen LogP contribution in [0.4, 0.5) is 0 Å². The molecule has 0 radical (unpaired) electrons. The Balaban J connectivity index is 2.49. The van der Waals surface area contributed by atoms with E-state index >= 15 is 0 Å². The summed E-state index contributed by atoms with van der Waals surface area (Å²) in [5.41, 5.74) is 6.88. The topological polar surface area (TPSA) is 53.6 Å². The molecule has 1 fully saturated rings. The highest BCUT2D eigenvalue weighted by Crippen LogP contribution is 2.05. The van der Waals surface area contributed by atoms with E-state index < -0.39 is 0 Å². The third kappa shape index (κ3) is 4.59. The third-order valence-corrected chi connectivity index (χ3v) is 2.70. The summed E-state index contributed by atoms with van der Waals surface area (Å²) in [5, 5.41) is 3.34. The Morgan fingerprint density at radius 3 is 2.75 bits per heavy atom. The van der Waals surface area contributed by atoms with E-state index in [1.165, 1.54) is 5.57 Å². The predicted octanol–water partition coefficient (Wildman–Crippen LogP) is 0.729. The molecule has 0 amide bonds. The molecule has 0 saturated carbocycles. The second-order valence-corrected chi connectivity index (χ2v) is 3.93. The molecule has 16 heavy (non-hydrogen) atoms. The van der Waals surface area contributed by atoms with Gasteiger partial charge in [-0.2, -0.15) is 0 Å². The zero-order valence-corrected chi connectivity index (χ0v) is 10.1. The van der Waals surface area contributed by atoms with E-state index in [0.717, 1.165) is 39.1 Å². The first-order valence-electron chi connectivity index (χ1n) is 5.83. The normalized spacial score (nSPS) is 19.8. The van der Waals surface area contributed by atoms with Crippen molar-refractivity contribution >= 4 is 5.84 Å². The molecule has 4 heteroatoms. The van der Waals surface area contributed by atoms with Gasteiger partial charge in [-0.3, -0.25) is 4.90 Å². The molecule has 1 aliphatic rings. The van der Waals surface area contributed by atoms with Gasteiger partial charge >= 0.3 is 0 Å². The summed E-state index contributed by atoms with van der Waals surface area (Å²) in [5.74, 6) is 0.478. The number of nitrogens with two attached hydrogens (primary N) is 1. The summed E-state index contributed by atoms with van der Waals surface area (Å²) in [4.78, 5) is 6.59. The van der Waals surface area contributed by atoms with Gasteiger partial charge in [0.25, 0.3) is 0 Å². The van der Waals surface area contributed by atoms with Crippen LogP contribution >= 0.6 is 0 Å². The smallest absolute Gasteiger partial charge is 0.122 e. The lowest BCUT2D eigenvalue weighted by atomic mass is 10.2. The Kier molecular flexibility index (Phi) is 5.82. The number of piperazine rings is 1. The van der Waals surface area contributed by atoms with E-state index in [0.29, 0.717) is 5.84 Å². The second kappa shape index (κ2) is 7.19. The number of nitrogens with one attached hydrogen (secondary N) is 1. The fourth-order valence-electron chi connectivity index (χ4n) is 1.62. The maximum Gasteiger partial charge on any atom is 0.122 e. The molecule has 90 valence electrons. The van der Waals surface area contributed by atoms with Gasteiger partial charge < -0.3 is 11.1 Å². The number of aliphatic imine (C=N–C) groups is 1. The summed E-state index contributed by atoms with van der Waals surface area (Å²) in [7, 11) is 0. The summed E-state index contributed by atoms with van der Waals surface area (Å²) >= 11 is 0.